The number of anilines is 3. The molecule has 0 unspecified atom stereocenters. The average molecular weight is 241 g/mol. The molecule has 0 radical (unpaired) electrons. The Morgan fingerprint density at radius 1 is 1.11 bits per heavy atom. The van der Waals surface area contributed by atoms with Gasteiger partial charge in [0.05, 0.1) is 0 Å². The highest BCUT2D eigenvalue weighted by atomic mass is 16.1. The van der Waals surface area contributed by atoms with Gasteiger partial charge in [0, 0.05) is 22.6 Å². The summed E-state index contributed by atoms with van der Waals surface area (Å²) in [6, 6.07) is 12.4. The Kier molecular flexibility index (Phi) is 3.19. The third kappa shape index (κ3) is 2.43. The monoisotopic (exact) mass is 241 g/mol. The maximum atomic E-state index is 12.0. The van der Waals surface area contributed by atoms with Crippen molar-refractivity contribution < 1.29 is 4.79 Å². The molecule has 0 aliphatic heterocycles. The Bertz CT molecular complexity index is 579. The summed E-state index contributed by atoms with van der Waals surface area (Å²) in [6.07, 6.45) is 0. The van der Waals surface area contributed by atoms with Crippen LogP contribution in [-0.2, 0) is 0 Å². The average Bonchev–Trinajstić information content (AvgIpc) is 2.36. The van der Waals surface area contributed by atoms with Gasteiger partial charge in [-0.1, -0.05) is 18.2 Å². The summed E-state index contributed by atoms with van der Waals surface area (Å²) in [7, 11) is 0. The molecule has 2 rings (SSSR count). The predicted octanol–water partition coefficient (Wildman–Crippen LogP) is 2.41. The van der Waals surface area contributed by atoms with E-state index in [1.165, 1.54) is 0 Å². The first-order valence-electron chi connectivity index (χ1n) is 5.60. The molecule has 0 fully saturated rings. The standard InChI is InChI=1S/C14H15N3O/c1-9-12(16)7-11(15)8-13(9)17-14(18)10-5-3-2-4-6-10/h2-8H,15-16H2,1H3,(H,17,18). The molecule has 0 aromatic heterocycles. The first kappa shape index (κ1) is 12.0. The van der Waals surface area contributed by atoms with Crippen molar-refractivity contribution in [2.75, 3.05) is 16.8 Å². The highest BCUT2D eigenvalue weighted by Crippen LogP contribution is 2.25. The van der Waals surface area contributed by atoms with Crippen LogP contribution in [0.3, 0.4) is 0 Å². The van der Waals surface area contributed by atoms with E-state index < -0.39 is 0 Å². The van der Waals surface area contributed by atoms with Gasteiger partial charge in [-0.15, -0.1) is 0 Å². The molecule has 0 bridgehead atoms. The van der Waals surface area contributed by atoms with E-state index in [4.69, 9.17) is 11.5 Å². The van der Waals surface area contributed by atoms with E-state index in [9.17, 15) is 4.79 Å². The molecule has 0 aliphatic carbocycles. The lowest BCUT2D eigenvalue weighted by molar-refractivity contribution is 0.102. The molecular formula is C14H15N3O. The number of amides is 1. The zero-order valence-electron chi connectivity index (χ0n) is 10.1. The minimum atomic E-state index is -0.177. The van der Waals surface area contributed by atoms with E-state index in [-0.39, 0.29) is 5.91 Å². The predicted molar refractivity (Wildman–Crippen MR) is 74.4 cm³/mol. The van der Waals surface area contributed by atoms with Crippen LogP contribution in [0.5, 0.6) is 0 Å². The smallest absolute Gasteiger partial charge is 0.255 e. The number of carbonyl (C=O) groups is 1. The maximum absolute atomic E-state index is 12.0. The van der Waals surface area contributed by atoms with Gasteiger partial charge in [0.2, 0.25) is 0 Å². The number of hydrogen-bond donors (Lipinski definition) is 3. The van der Waals surface area contributed by atoms with Gasteiger partial charge in [-0.05, 0) is 36.8 Å². The number of rotatable bonds is 2. The molecule has 2 aromatic rings. The minimum absolute atomic E-state index is 0.177. The van der Waals surface area contributed by atoms with Crippen LogP contribution in [0.15, 0.2) is 42.5 Å². The van der Waals surface area contributed by atoms with Crippen LogP contribution in [-0.4, -0.2) is 5.91 Å². The van der Waals surface area contributed by atoms with E-state index >= 15 is 0 Å². The minimum Gasteiger partial charge on any atom is -0.399 e. The fraction of sp³-hybridized carbons (Fsp3) is 0.0714. The normalized spacial score (nSPS) is 10.1. The van der Waals surface area contributed by atoms with Crippen LogP contribution in [0.4, 0.5) is 17.1 Å². The van der Waals surface area contributed by atoms with Gasteiger partial charge in [0.25, 0.3) is 5.91 Å². The van der Waals surface area contributed by atoms with E-state index in [0.717, 1.165) is 5.56 Å². The van der Waals surface area contributed by atoms with E-state index in [2.05, 4.69) is 5.32 Å². The fourth-order valence-corrected chi connectivity index (χ4v) is 1.67. The molecule has 5 N–H and O–H groups in total. The van der Waals surface area contributed by atoms with Gasteiger partial charge in [-0.2, -0.15) is 0 Å². The molecule has 0 heterocycles. The van der Waals surface area contributed by atoms with Gasteiger partial charge < -0.3 is 16.8 Å². The number of nitrogen functional groups attached to an aromatic ring is 2. The first-order valence-corrected chi connectivity index (χ1v) is 5.60. The van der Waals surface area contributed by atoms with Crippen molar-refractivity contribution >= 4 is 23.0 Å². The summed E-state index contributed by atoms with van der Waals surface area (Å²) in [5.41, 5.74) is 14.7. The number of carbonyl (C=O) groups excluding carboxylic acids is 1. The van der Waals surface area contributed by atoms with Crippen molar-refractivity contribution in [1.29, 1.82) is 0 Å². The van der Waals surface area contributed by atoms with E-state index in [1.54, 1.807) is 24.3 Å². The topological polar surface area (TPSA) is 81.1 Å². The van der Waals surface area contributed by atoms with Crippen LogP contribution in [0.25, 0.3) is 0 Å². The molecule has 4 heteroatoms. The molecule has 0 spiro atoms. The summed E-state index contributed by atoms with van der Waals surface area (Å²) >= 11 is 0. The Balaban J connectivity index is 2.28. The first-order chi connectivity index (χ1) is 8.58. The third-order valence-corrected chi connectivity index (χ3v) is 2.75. The lowest BCUT2D eigenvalue weighted by atomic mass is 10.1. The van der Waals surface area contributed by atoms with E-state index in [0.29, 0.717) is 22.6 Å². The molecule has 0 atom stereocenters. The molecule has 18 heavy (non-hydrogen) atoms. The largest absolute Gasteiger partial charge is 0.399 e. The second kappa shape index (κ2) is 4.79. The number of nitrogens with two attached hydrogens (primary N) is 2. The molecule has 0 saturated carbocycles. The van der Waals surface area contributed by atoms with Crippen molar-refractivity contribution in [3.05, 3.63) is 53.6 Å². The number of nitrogens with one attached hydrogen (secondary N) is 1. The lowest BCUT2D eigenvalue weighted by Crippen LogP contribution is -2.13. The molecule has 2 aromatic carbocycles. The van der Waals surface area contributed by atoms with Crippen molar-refractivity contribution in [3.8, 4) is 0 Å². The van der Waals surface area contributed by atoms with Crippen LogP contribution < -0.4 is 16.8 Å². The van der Waals surface area contributed by atoms with Crippen molar-refractivity contribution in [1.82, 2.24) is 0 Å². The van der Waals surface area contributed by atoms with Gasteiger partial charge >= 0.3 is 0 Å². The highest BCUT2D eigenvalue weighted by molar-refractivity contribution is 6.05. The van der Waals surface area contributed by atoms with Crippen molar-refractivity contribution in [2.45, 2.75) is 6.92 Å². The molecular weight excluding hydrogens is 226 g/mol. The lowest BCUT2D eigenvalue weighted by Gasteiger charge is -2.11. The van der Waals surface area contributed by atoms with Gasteiger partial charge in [-0.25, -0.2) is 0 Å². The highest BCUT2D eigenvalue weighted by Gasteiger charge is 2.09. The SMILES string of the molecule is Cc1c(N)cc(N)cc1NC(=O)c1ccccc1. The van der Waals surface area contributed by atoms with Crippen LogP contribution in [0.1, 0.15) is 15.9 Å². The molecule has 0 saturated heterocycles. The number of hydrogen-bond acceptors (Lipinski definition) is 3. The summed E-state index contributed by atoms with van der Waals surface area (Å²) in [4.78, 5) is 12.0. The van der Waals surface area contributed by atoms with Crippen LogP contribution >= 0.6 is 0 Å². The zero-order chi connectivity index (χ0) is 13.1. The van der Waals surface area contributed by atoms with Gasteiger partial charge in [0.15, 0.2) is 0 Å². The Morgan fingerprint density at radius 3 is 2.44 bits per heavy atom. The second-order valence-corrected chi connectivity index (χ2v) is 4.10. The zero-order valence-corrected chi connectivity index (χ0v) is 10.1. The Hall–Kier alpha value is -2.49. The van der Waals surface area contributed by atoms with Gasteiger partial charge in [0.1, 0.15) is 0 Å². The van der Waals surface area contributed by atoms with Crippen molar-refractivity contribution in [2.24, 2.45) is 0 Å². The van der Waals surface area contributed by atoms with E-state index in [1.807, 2.05) is 25.1 Å². The van der Waals surface area contributed by atoms with Crippen LogP contribution in [0.2, 0.25) is 0 Å². The Morgan fingerprint density at radius 2 is 1.78 bits per heavy atom. The molecule has 0 aliphatic rings. The number of benzene rings is 2. The fourth-order valence-electron chi connectivity index (χ4n) is 1.67. The summed E-state index contributed by atoms with van der Waals surface area (Å²) in [6.45, 7) is 1.84. The quantitative estimate of drug-likeness (QED) is 0.706. The molecule has 92 valence electrons. The maximum Gasteiger partial charge on any atom is 0.255 e. The third-order valence-electron chi connectivity index (χ3n) is 2.75. The molecule has 4 nitrogen and oxygen atoms in total. The summed E-state index contributed by atoms with van der Waals surface area (Å²) < 4.78 is 0. The summed E-state index contributed by atoms with van der Waals surface area (Å²) in [5.74, 6) is -0.177. The van der Waals surface area contributed by atoms with Gasteiger partial charge in [-0.3, -0.25) is 4.79 Å². The molecule has 1 amide bonds. The van der Waals surface area contributed by atoms with Crippen molar-refractivity contribution in [3.63, 3.8) is 0 Å². The Labute approximate surface area is 106 Å². The second-order valence-electron chi connectivity index (χ2n) is 4.10. The van der Waals surface area contributed by atoms with Crippen LogP contribution in [0, 0.1) is 6.92 Å². The summed E-state index contributed by atoms with van der Waals surface area (Å²) in [5, 5.41) is 2.81.